The summed E-state index contributed by atoms with van der Waals surface area (Å²) in [5, 5.41) is 3.05. The van der Waals surface area contributed by atoms with E-state index in [2.05, 4.69) is 5.32 Å². The molecule has 2 atom stereocenters. The summed E-state index contributed by atoms with van der Waals surface area (Å²) >= 11 is 0. The van der Waals surface area contributed by atoms with Gasteiger partial charge in [0.2, 0.25) is 0 Å². The number of ether oxygens (including phenoxy) is 1. The maximum atomic E-state index is 13.4. The van der Waals surface area contributed by atoms with Gasteiger partial charge in [0.05, 0.1) is 7.11 Å². The zero-order chi connectivity index (χ0) is 18.8. The van der Waals surface area contributed by atoms with Gasteiger partial charge in [0.15, 0.2) is 0 Å². The summed E-state index contributed by atoms with van der Waals surface area (Å²) in [5.74, 6) is 0.532. The van der Waals surface area contributed by atoms with E-state index in [4.69, 9.17) is 4.74 Å². The highest BCUT2D eigenvalue weighted by atomic mass is 19.1. The average Bonchev–Trinajstić information content (AvgIpc) is 3.47. The number of carbonyl (C=O) groups excluding carboxylic acids is 1. The van der Waals surface area contributed by atoms with Crippen LogP contribution < -0.4 is 10.1 Å². The summed E-state index contributed by atoms with van der Waals surface area (Å²) in [7, 11) is 1.62. The lowest BCUT2D eigenvalue weighted by Gasteiger charge is -2.11. The minimum atomic E-state index is -0.243. The Hall–Kier alpha value is -3.14. The molecule has 4 heteroatoms. The molecule has 1 aliphatic rings. The van der Waals surface area contributed by atoms with Crippen molar-refractivity contribution in [3.8, 4) is 16.9 Å². The van der Waals surface area contributed by atoms with Crippen molar-refractivity contribution in [2.24, 2.45) is 0 Å². The lowest BCUT2D eigenvalue weighted by molar-refractivity contribution is 0.0950. The highest BCUT2D eigenvalue weighted by molar-refractivity contribution is 5.96. The second-order valence-electron chi connectivity index (χ2n) is 6.76. The minimum absolute atomic E-state index is 0.0431. The first kappa shape index (κ1) is 17.3. The van der Waals surface area contributed by atoms with Crippen LogP contribution in [0.5, 0.6) is 5.75 Å². The van der Waals surface area contributed by atoms with Crippen molar-refractivity contribution < 1.29 is 13.9 Å². The first-order valence-corrected chi connectivity index (χ1v) is 8.95. The quantitative estimate of drug-likeness (QED) is 0.710. The Bertz CT molecular complexity index is 971. The number of rotatable bonds is 5. The van der Waals surface area contributed by atoms with E-state index in [-0.39, 0.29) is 23.7 Å². The van der Waals surface area contributed by atoms with Gasteiger partial charge in [0.1, 0.15) is 11.6 Å². The van der Waals surface area contributed by atoms with Crippen molar-refractivity contribution in [2.45, 2.75) is 18.4 Å². The maximum absolute atomic E-state index is 13.4. The molecule has 1 saturated carbocycles. The van der Waals surface area contributed by atoms with E-state index >= 15 is 0 Å². The van der Waals surface area contributed by atoms with Crippen LogP contribution in [0.4, 0.5) is 4.39 Å². The first-order chi connectivity index (χ1) is 13.2. The average molecular weight is 361 g/mol. The predicted octanol–water partition coefficient (Wildman–Crippen LogP) is 4.79. The van der Waals surface area contributed by atoms with Crippen LogP contribution in [0, 0.1) is 5.82 Å². The van der Waals surface area contributed by atoms with Crippen LogP contribution in [0.2, 0.25) is 0 Å². The topological polar surface area (TPSA) is 38.3 Å². The molecule has 27 heavy (non-hydrogen) atoms. The summed E-state index contributed by atoms with van der Waals surface area (Å²) in [6.07, 6.45) is 0.830. The summed E-state index contributed by atoms with van der Waals surface area (Å²) in [6, 6.07) is 21.9. The molecule has 4 rings (SSSR count). The Kier molecular flexibility index (Phi) is 4.63. The summed E-state index contributed by atoms with van der Waals surface area (Å²) in [6.45, 7) is 0. The molecule has 3 nitrogen and oxygen atoms in total. The molecule has 3 aromatic carbocycles. The Morgan fingerprint density at radius 3 is 2.59 bits per heavy atom. The SMILES string of the molecule is COc1ccc(C(=O)N[C@H]2C[C@@H]2c2cccc(F)c2)cc1-c1ccccc1. The molecule has 1 aliphatic carbocycles. The highest BCUT2D eigenvalue weighted by Gasteiger charge is 2.39. The molecular weight excluding hydrogens is 341 g/mol. The van der Waals surface area contributed by atoms with E-state index in [0.29, 0.717) is 5.56 Å². The zero-order valence-electron chi connectivity index (χ0n) is 15.0. The van der Waals surface area contributed by atoms with Crippen LogP contribution in [0.25, 0.3) is 11.1 Å². The van der Waals surface area contributed by atoms with Crippen molar-refractivity contribution in [3.63, 3.8) is 0 Å². The fourth-order valence-electron chi connectivity index (χ4n) is 3.40. The summed E-state index contributed by atoms with van der Waals surface area (Å²) in [5.41, 5.74) is 3.39. The van der Waals surface area contributed by atoms with Gasteiger partial charge in [-0.1, -0.05) is 42.5 Å². The number of halogens is 1. The molecule has 1 amide bonds. The standard InChI is InChI=1S/C23H20FNO2/c1-27-22-11-10-17(13-20(22)15-6-3-2-4-7-15)23(26)25-21-14-19(21)16-8-5-9-18(24)12-16/h2-13,19,21H,14H2,1H3,(H,25,26)/t19-,21+/m1/s1. The van der Waals surface area contributed by atoms with E-state index in [1.807, 2.05) is 48.5 Å². The van der Waals surface area contributed by atoms with Crippen molar-refractivity contribution in [3.05, 3.63) is 89.7 Å². The lowest BCUT2D eigenvalue weighted by atomic mass is 10.0. The number of amides is 1. The number of methoxy groups -OCH3 is 1. The van der Waals surface area contributed by atoms with Gasteiger partial charge in [-0.25, -0.2) is 4.39 Å². The van der Waals surface area contributed by atoms with Gasteiger partial charge in [-0.15, -0.1) is 0 Å². The summed E-state index contributed by atoms with van der Waals surface area (Å²) < 4.78 is 18.8. The van der Waals surface area contributed by atoms with Crippen LogP contribution in [0.3, 0.4) is 0 Å². The van der Waals surface area contributed by atoms with Crippen LogP contribution in [0.15, 0.2) is 72.8 Å². The highest BCUT2D eigenvalue weighted by Crippen LogP contribution is 2.41. The van der Waals surface area contributed by atoms with Gasteiger partial charge < -0.3 is 10.1 Å². The maximum Gasteiger partial charge on any atom is 0.251 e. The van der Waals surface area contributed by atoms with Gasteiger partial charge in [-0.3, -0.25) is 4.79 Å². The second-order valence-corrected chi connectivity index (χ2v) is 6.76. The van der Waals surface area contributed by atoms with Crippen LogP contribution in [0.1, 0.15) is 28.3 Å². The Morgan fingerprint density at radius 1 is 1.04 bits per heavy atom. The molecule has 0 aliphatic heterocycles. The fourth-order valence-corrected chi connectivity index (χ4v) is 3.40. The first-order valence-electron chi connectivity index (χ1n) is 8.95. The Balaban J connectivity index is 1.51. The molecule has 1 fully saturated rings. The molecule has 0 bridgehead atoms. The third kappa shape index (κ3) is 3.70. The lowest BCUT2D eigenvalue weighted by Crippen LogP contribution is -2.26. The molecular formula is C23H20FNO2. The monoisotopic (exact) mass is 361 g/mol. The third-order valence-corrected chi connectivity index (χ3v) is 4.93. The number of nitrogens with one attached hydrogen (secondary N) is 1. The van der Waals surface area contributed by atoms with Gasteiger partial charge in [0.25, 0.3) is 5.91 Å². The Morgan fingerprint density at radius 2 is 1.85 bits per heavy atom. The van der Waals surface area contributed by atoms with Crippen molar-refractivity contribution in [1.29, 1.82) is 0 Å². The molecule has 3 aromatic rings. The van der Waals surface area contributed by atoms with Crippen molar-refractivity contribution in [1.82, 2.24) is 5.32 Å². The van der Waals surface area contributed by atoms with Gasteiger partial charge in [0, 0.05) is 23.1 Å². The largest absolute Gasteiger partial charge is 0.496 e. The van der Waals surface area contributed by atoms with Crippen molar-refractivity contribution >= 4 is 5.91 Å². The van der Waals surface area contributed by atoms with Crippen LogP contribution >= 0.6 is 0 Å². The van der Waals surface area contributed by atoms with Gasteiger partial charge in [-0.2, -0.15) is 0 Å². The van der Waals surface area contributed by atoms with E-state index in [0.717, 1.165) is 28.9 Å². The van der Waals surface area contributed by atoms with Crippen molar-refractivity contribution in [2.75, 3.05) is 7.11 Å². The second kappa shape index (κ2) is 7.23. The zero-order valence-corrected chi connectivity index (χ0v) is 15.0. The number of benzene rings is 3. The van der Waals surface area contributed by atoms with Crippen LogP contribution in [-0.4, -0.2) is 19.1 Å². The third-order valence-electron chi connectivity index (χ3n) is 4.93. The van der Waals surface area contributed by atoms with Crippen LogP contribution in [-0.2, 0) is 0 Å². The minimum Gasteiger partial charge on any atom is -0.496 e. The molecule has 0 aromatic heterocycles. The van der Waals surface area contributed by atoms with E-state index in [9.17, 15) is 9.18 Å². The molecule has 0 unspecified atom stereocenters. The normalized spacial score (nSPS) is 18.0. The van der Waals surface area contributed by atoms with E-state index in [1.165, 1.54) is 12.1 Å². The number of hydrogen-bond donors (Lipinski definition) is 1. The number of hydrogen-bond acceptors (Lipinski definition) is 2. The molecule has 0 heterocycles. The van der Waals surface area contributed by atoms with Gasteiger partial charge >= 0.3 is 0 Å². The van der Waals surface area contributed by atoms with E-state index < -0.39 is 0 Å². The number of carbonyl (C=O) groups is 1. The van der Waals surface area contributed by atoms with Gasteiger partial charge in [-0.05, 0) is 47.9 Å². The van der Waals surface area contributed by atoms with E-state index in [1.54, 1.807) is 19.2 Å². The Labute approximate surface area is 157 Å². The molecule has 0 spiro atoms. The molecule has 136 valence electrons. The molecule has 0 radical (unpaired) electrons. The molecule has 1 N–H and O–H groups in total. The molecule has 0 saturated heterocycles. The summed E-state index contributed by atoms with van der Waals surface area (Å²) in [4.78, 5) is 12.7. The predicted molar refractivity (Wildman–Crippen MR) is 103 cm³/mol. The smallest absolute Gasteiger partial charge is 0.251 e. The fraction of sp³-hybridized carbons (Fsp3) is 0.174.